The molecule has 4 rings (SSSR count). The Morgan fingerprint density at radius 3 is 2.50 bits per heavy atom. The van der Waals surface area contributed by atoms with Gasteiger partial charge >= 0.3 is 6.18 Å². The third-order valence-corrected chi connectivity index (χ3v) is 4.75. The second kappa shape index (κ2) is 8.66. The number of alkyl halides is 3. The first-order valence-corrected chi connectivity index (χ1v) is 9.84. The highest BCUT2D eigenvalue weighted by atomic mass is 19.4. The van der Waals surface area contributed by atoms with Crippen molar-refractivity contribution in [2.75, 3.05) is 5.32 Å². The van der Waals surface area contributed by atoms with Crippen LogP contribution in [0.3, 0.4) is 0 Å². The van der Waals surface area contributed by atoms with Gasteiger partial charge in [0, 0.05) is 36.3 Å². The lowest BCUT2D eigenvalue weighted by Crippen LogP contribution is -2.10. The second-order valence-electron chi connectivity index (χ2n) is 7.03. The lowest BCUT2D eigenvalue weighted by molar-refractivity contribution is -0.141. The Bertz CT molecular complexity index is 1260. The predicted octanol–water partition coefficient (Wildman–Crippen LogP) is 4.21. The van der Waals surface area contributed by atoms with E-state index in [1.54, 1.807) is 36.5 Å². The normalized spacial score (nSPS) is 11.5. The first-order valence-electron chi connectivity index (χ1n) is 9.84. The van der Waals surface area contributed by atoms with E-state index in [1.165, 1.54) is 16.9 Å². The summed E-state index contributed by atoms with van der Waals surface area (Å²) in [6.07, 6.45) is -0.909. The summed E-state index contributed by atoms with van der Waals surface area (Å²) in [6, 6.07) is 13.0. The minimum absolute atomic E-state index is 0.206. The molecule has 0 spiro atoms. The molecule has 3 heterocycles. The van der Waals surface area contributed by atoms with Crippen molar-refractivity contribution in [1.82, 2.24) is 24.7 Å². The lowest BCUT2D eigenvalue weighted by atomic mass is 10.2. The van der Waals surface area contributed by atoms with E-state index in [0.717, 1.165) is 11.6 Å². The number of rotatable bonds is 6. The van der Waals surface area contributed by atoms with Crippen LogP contribution in [0, 0.1) is 0 Å². The molecule has 7 nitrogen and oxygen atoms in total. The third kappa shape index (κ3) is 4.85. The molecular formula is C22H19F3N6O. The molecule has 32 heavy (non-hydrogen) atoms. The number of aromatic amines is 1. The van der Waals surface area contributed by atoms with Crippen LogP contribution < -0.4 is 10.9 Å². The fourth-order valence-electron chi connectivity index (χ4n) is 3.04. The van der Waals surface area contributed by atoms with Gasteiger partial charge in [-0.1, -0.05) is 19.1 Å². The van der Waals surface area contributed by atoms with Gasteiger partial charge in [0.05, 0.1) is 5.69 Å². The average Bonchev–Trinajstić information content (AvgIpc) is 3.29. The number of benzene rings is 1. The molecule has 164 valence electrons. The molecule has 0 saturated carbocycles. The van der Waals surface area contributed by atoms with Crippen LogP contribution in [0.1, 0.15) is 23.9 Å². The van der Waals surface area contributed by atoms with E-state index in [9.17, 15) is 18.0 Å². The lowest BCUT2D eigenvalue weighted by Gasteiger charge is -2.08. The zero-order valence-electron chi connectivity index (χ0n) is 17.0. The largest absolute Gasteiger partial charge is 0.435 e. The zero-order chi connectivity index (χ0) is 22.7. The van der Waals surface area contributed by atoms with E-state index in [0.29, 0.717) is 41.6 Å². The van der Waals surface area contributed by atoms with Gasteiger partial charge in [-0.2, -0.15) is 18.3 Å². The van der Waals surface area contributed by atoms with E-state index >= 15 is 0 Å². The number of anilines is 1. The number of nitrogens with zero attached hydrogens (tertiary/aromatic N) is 4. The number of H-pyrrole nitrogens is 1. The number of halogens is 3. The summed E-state index contributed by atoms with van der Waals surface area (Å²) in [5, 5.41) is 6.75. The van der Waals surface area contributed by atoms with Crippen molar-refractivity contribution in [3.63, 3.8) is 0 Å². The van der Waals surface area contributed by atoms with E-state index < -0.39 is 11.9 Å². The molecule has 0 aliphatic carbocycles. The van der Waals surface area contributed by atoms with Gasteiger partial charge in [0.15, 0.2) is 5.69 Å². The summed E-state index contributed by atoms with van der Waals surface area (Å²) in [5.41, 5.74) is 1.72. The van der Waals surface area contributed by atoms with Crippen LogP contribution in [-0.2, 0) is 19.1 Å². The van der Waals surface area contributed by atoms with Crippen molar-refractivity contribution in [1.29, 1.82) is 0 Å². The molecule has 0 aliphatic heterocycles. The van der Waals surface area contributed by atoms with Gasteiger partial charge < -0.3 is 10.3 Å². The minimum atomic E-state index is -4.47. The van der Waals surface area contributed by atoms with Crippen LogP contribution in [0.15, 0.2) is 65.7 Å². The fourth-order valence-corrected chi connectivity index (χ4v) is 3.04. The van der Waals surface area contributed by atoms with Crippen LogP contribution in [0.5, 0.6) is 0 Å². The molecule has 0 unspecified atom stereocenters. The fraction of sp³-hybridized carbons (Fsp3) is 0.182. The smallest absolute Gasteiger partial charge is 0.366 e. The molecule has 3 aromatic heterocycles. The molecule has 0 radical (unpaired) electrons. The Balaban J connectivity index is 1.40. The molecule has 0 atom stereocenters. The Kier molecular flexibility index (Phi) is 5.76. The minimum Gasteiger partial charge on any atom is -0.366 e. The molecule has 0 saturated heterocycles. The quantitative estimate of drug-likeness (QED) is 0.469. The van der Waals surface area contributed by atoms with Gasteiger partial charge in [-0.3, -0.25) is 4.79 Å². The van der Waals surface area contributed by atoms with Gasteiger partial charge in [-0.25, -0.2) is 14.6 Å². The molecule has 2 N–H and O–H groups in total. The van der Waals surface area contributed by atoms with Crippen LogP contribution >= 0.6 is 0 Å². The standard InChI is InChI=1S/C22H19F3N6O/c1-2-16-11-20(32)29-21(28-16)15-5-8-19(27-13-15)26-12-14-3-6-17(7-4-14)31-10-9-18(30-31)22(23,24)25/h3-11,13H,2,12H2,1H3,(H,26,27)(H,28,29,32). The summed E-state index contributed by atoms with van der Waals surface area (Å²) in [7, 11) is 0. The molecule has 10 heteroatoms. The highest BCUT2D eigenvalue weighted by Crippen LogP contribution is 2.28. The van der Waals surface area contributed by atoms with Gasteiger partial charge in [0.1, 0.15) is 11.6 Å². The van der Waals surface area contributed by atoms with Gasteiger partial charge in [0.25, 0.3) is 5.56 Å². The van der Waals surface area contributed by atoms with Crippen molar-refractivity contribution in [3.8, 4) is 17.1 Å². The number of aromatic nitrogens is 5. The maximum absolute atomic E-state index is 12.7. The molecule has 0 bridgehead atoms. The summed E-state index contributed by atoms with van der Waals surface area (Å²) < 4.78 is 39.3. The Hall–Kier alpha value is -3.95. The molecule has 1 aromatic carbocycles. The monoisotopic (exact) mass is 440 g/mol. The van der Waals surface area contributed by atoms with Crippen molar-refractivity contribution < 1.29 is 13.2 Å². The maximum atomic E-state index is 12.7. The molecule has 0 amide bonds. The van der Waals surface area contributed by atoms with Crippen LogP contribution in [0.2, 0.25) is 0 Å². The SMILES string of the molecule is CCc1cc(=O)[nH]c(-c2ccc(NCc3ccc(-n4ccc(C(F)(F)F)n4)cc3)nc2)n1. The van der Waals surface area contributed by atoms with Gasteiger partial charge in [-0.15, -0.1) is 0 Å². The first-order chi connectivity index (χ1) is 15.3. The van der Waals surface area contributed by atoms with Crippen molar-refractivity contribution in [2.45, 2.75) is 26.1 Å². The molecular weight excluding hydrogens is 421 g/mol. The highest BCUT2D eigenvalue weighted by molar-refractivity contribution is 5.56. The number of hydrogen-bond donors (Lipinski definition) is 2. The average molecular weight is 440 g/mol. The Morgan fingerprint density at radius 1 is 1.09 bits per heavy atom. The third-order valence-electron chi connectivity index (χ3n) is 4.75. The van der Waals surface area contributed by atoms with E-state index in [-0.39, 0.29) is 5.56 Å². The van der Waals surface area contributed by atoms with E-state index in [2.05, 4.69) is 25.4 Å². The van der Waals surface area contributed by atoms with Gasteiger partial charge in [-0.05, 0) is 42.3 Å². The topological polar surface area (TPSA) is 88.5 Å². The van der Waals surface area contributed by atoms with Crippen molar-refractivity contribution in [2.24, 2.45) is 0 Å². The summed E-state index contributed by atoms with van der Waals surface area (Å²) in [6.45, 7) is 2.40. The van der Waals surface area contributed by atoms with E-state index in [1.807, 2.05) is 13.0 Å². The van der Waals surface area contributed by atoms with Crippen LogP contribution in [-0.4, -0.2) is 24.7 Å². The second-order valence-corrected chi connectivity index (χ2v) is 7.03. The van der Waals surface area contributed by atoms with E-state index in [4.69, 9.17) is 0 Å². The van der Waals surface area contributed by atoms with Gasteiger partial charge in [0.2, 0.25) is 0 Å². The molecule has 0 fully saturated rings. The maximum Gasteiger partial charge on any atom is 0.435 e. The Morgan fingerprint density at radius 2 is 1.88 bits per heavy atom. The van der Waals surface area contributed by atoms with Crippen molar-refractivity contribution >= 4 is 5.82 Å². The van der Waals surface area contributed by atoms with Crippen LogP contribution in [0.4, 0.5) is 19.0 Å². The van der Waals surface area contributed by atoms with Crippen molar-refractivity contribution in [3.05, 3.63) is 88.2 Å². The summed E-state index contributed by atoms with van der Waals surface area (Å²) >= 11 is 0. The molecule has 4 aromatic rings. The number of pyridine rings is 1. The number of aryl methyl sites for hydroxylation is 1. The number of nitrogens with one attached hydrogen (secondary N) is 2. The highest BCUT2D eigenvalue weighted by Gasteiger charge is 2.33. The van der Waals surface area contributed by atoms with Crippen LogP contribution in [0.25, 0.3) is 17.1 Å². The summed E-state index contributed by atoms with van der Waals surface area (Å²) in [5.74, 6) is 1.10. The first kappa shape index (κ1) is 21.3. The Labute approximate surface area is 181 Å². The predicted molar refractivity (Wildman–Crippen MR) is 113 cm³/mol. The molecule has 0 aliphatic rings. The zero-order valence-corrected chi connectivity index (χ0v) is 17.0. The summed E-state index contributed by atoms with van der Waals surface area (Å²) in [4.78, 5) is 23.2. The number of hydrogen-bond acceptors (Lipinski definition) is 5.